The predicted molar refractivity (Wildman–Crippen MR) is 104 cm³/mol. The first-order valence-electron chi connectivity index (χ1n) is 9.00. The standard InChI is InChI=1S/C20H22N4O2S/c1-23(2)19(25)16-7-5-14(6-8-16)13-27-20-22-21-18(15-9-10-15)24(20)12-17-4-3-11-26-17/h3-8,11,15H,9-10,12-13H2,1-2H3. The van der Waals surface area contributed by atoms with Crippen molar-refractivity contribution in [1.29, 1.82) is 0 Å². The maximum atomic E-state index is 12.0. The number of carbonyl (C=O) groups excluding carboxylic acids is 1. The van der Waals surface area contributed by atoms with Crippen LogP contribution >= 0.6 is 11.8 Å². The highest BCUT2D eigenvalue weighted by atomic mass is 32.2. The minimum atomic E-state index is 0.0152. The van der Waals surface area contributed by atoms with E-state index in [1.165, 1.54) is 12.8 Å². The fraction of sp³-hybridized carbons (Fsp3) is 0.350. The fourth-order valence-corrected chi connectivity index (χ4v) is 3.81. The lowest BCUT2D eigenvalue weighted by molar-refractivity contribution is 0.0827. The van der Waals surface area contributed by atoms with Crippen molar-refractivity contribution in [2.75, 3.05) is 14.1 Å². The Kier molecular flexibility index (Phi) is 5.03. The van der Waals surface area contributed by atoms with Crippen molar-refractivity contribution >= 4 is 17.7 Å². The summed E-state index contributed by atoms with van der Waals surface area (Å²) in [5.41, 5.74) is 1.85. The molecule has 0 spiro atoms. The van der Waals surface area contributed by atoms with Crippen molar-refractivity contribution < 1.29 is 9.21 Å². The Morgan fingerprint density at radius 1 is 1.22 bits per heavy atom. The van der Waals surface area contributed by atoms with Gasteiger partial charge < -0.3 is 9.32 Å². The number of aromatic nitrogens is 3. The maximum Gasteiger partial charge on any atom is 0.253 e. The van der Waals surface area contributed by atoms with Crippen molar-refractivity contribution in [2.45, 2.75) is 36.2 Å². The van der Waals surface area contributed by atoms with Crippen LogP contribution in [0.4, 0.5) is 0 Å². The predicted octanol–water partition coefficient (Wildman–Crippen LogP) is 3.79. The van der Waals surface area contributed by atoms with Gasteiger partial charge in [-0.1, -0.05) is 23.9 Å². The second kappa shape index (κ2) is 7.60. The molecule has 2 heterocycles. The average Bonchev–Trinajstić information content (AvgIpc) is 3.24. The van der Waals surface area contributed by atoms with E-state index in [2.05, 4.69) is 14.8 Å². The number of nitrogens with zero attached hydrogens (tertiary/aromatic N) is 4. The quantitative estimate of drug-likeness (QED) is 0.582. The van der Waals surface area contributed by atoms with Gasteiger partial charge in [0.1, 0.15) is 11.6 Å². The molecule has 2 aromatic heterocycles. The normalized spacial score (nSPS) is 13.7. The van der Waals surface area contributed by atoms with E-state index in [9.17, 15) is 4.79 Å². The third kappa shape index (κ3) is 4.08. The Hall–Kier alpha value is -2.54. The molecule has 3 aromatic rings. The van der Waals surface area contributed by atoms with E-state index in [1.807, 2.05) is 36.4 Å². The van der Waals surface area contributed by atoms with Gasteiger partial charge >= 0.3 is 0 Å². The third-order valence-electron chi connectivity index (χ3n) is 4.56. The van der Waals surface area contributed by atoms with Gasteiger partial charge in [0.05, 0.1) is 12.8 Å². The molecular formula is C20H22N4O2S. The van der Waals surface area contributed by atoms with Gasteiger partial charge in [0.15, 0.2) is 5.16 Å². The van der Waals surface area contributed by atoms with E-state index in [0.717, 1.165) is 28.1 Å². The number of hydrogen-bond acceptors (Lipinski definition) is 5. The summed E-state index contributed by atoms with van der Waals surface area (Å²) in [7, 11) is 3.52. The van der Waals surface area contributed by atoms with Crippen molar-refractivity contribution in [1.82, 2.24) is 19.7 Å². The van der Waals surface area contributed by atoms with E-state index >= 15 is 0 Å². The van der Waals surface area contributed by atoms with Crippen LogP contribution in [0.15, 0.2) is 52.2 Å². The van der Waals surface area contributed by atoms with Crippen LogP contribution in [0, 0.1) is 0 Å². The zero-order valence-electron chi connectivity index (χ0n) is 15.5. The van der Waals surface area contributed by atoms with E-state index < -0.39 is 0 Å². The topological polar surface area (TPSA) is 64.2 Å². The number of benzene rings is 1. The summed E-state index contributed by atoms with van der Waals surface area (Å²) in [4.78, 5) is 13.6. The van der Waals surface area contributed by atoms with Crippen LogP contribution in [-0.2, 0) is 12.3 Å². The Balaban J connectivity index is 1.47. The number of carbonyl (C=O) groups is 1. The zero-order chi connectivity index (χ0) is 18.8. The van der Waals surface area contributed by atoms with E-state index in [-0.39, 0.29) is 5.91 Å². The van der Waals surface area contributed by atoms with Crippen molar-refractivity contribution in [3.8, 4) is 0 Å². The molecule has 1 aliphatic carbocycles. The van der Waals surface area contributed by atoms with Gasteiger partial charge in [-0.05, 0) is 42.7 Å². The van der Waals surface area contributed by atoms with Crippen molar-refractivity contribution in [3.05, 3.63) is 65.4 Å². The van der Waals surface area contributed by atoms with Gasteiger partial charge in [-0.15, -0.1) is 10.2 Å². The molecule has 0 N–H and O–H groups in total. The molecule has 0 radical (unpaired) electrons. The molecule has 0 aliphatic heterocycles. The molecule has 0 bridgehead atoms. The lowest BCUT2D eigenvalue weighted by Crippen LogP contribution is -2.21. The number of hydrogen-bond donors (Lipinski definition) is 0. The molecule has 7 heteroatoms. The molecule has 4 rings (SSSR count). The van der Waals surface area contributed by atoms with Crippen LogP contribution < -0.4 is 0 Å². The monoisotopic (exact) mass is 382 g/mol. The highest BCUT2D eigenvalue weighted by molar-refractivity contribution is 7.98. The van der Waals surface area contributed by atoms with Crippen LogP contribution in [0.1, 0.15) is 46.3 Å². The fourth-order valence-electron chi connectivity index (χ4n) is 2.91. The Morgan fingerprint density at radius 3 is 2.63 bits per heavy atom. The Morgan fingerprint density at radius 2 is 2.00 bits per heavy atom. The number of rotatable bonds is 7. The van der Waals surface area contributed by atoms with Crippen LogP contribution in [0.2, 0.25) is 0 Å². The lowest BCUT2D eigenvalue weighted by atomic mass is 10.1. The minimum absolute atomic E-state index is 0.0152. The average molecular weight is 382 g/mol. The molecule has 1 fully saturated rings. The molecule has 0 atom stereocenters. The van der Waals surface area contributed by atoms with Gasteiger partial charge in [-0.25, -0.2) is 0 Å². The molecule has 27 heavy (non-hydrogen) atoms. The van der Waals surface area contributed by atoms with Gasteiger partial charge in [0, 0.05) is 31.3 Å². The Labute approximate surface area is 162 Å². The molecule has 1 aromatic carbocycles. The molecule has 6 nitrogen and oxygen atoms in total. The largest absolute Gasteiger partial charge is 0.467 e. The summed E-state index contributed by atoms with van der Waals surface area (Å²) in [5, 5.41) is 9.75. The smallest absolute Gasteiger partial charge is 0.253 e. The van der Waals surface area contributed by atoms with Crippen molar-refractivity contribution in [3.63, 3.8) is 0 Å². The maximum absolute atomic E-state index is 12.0. The van der Waals surface area contributed by atoms with Gasteiger partial charge in [0.25, 0.3) is 5.91 Å². The van der Waals surface area contributed by atoms with E-state index in [1.54, 1.807) is 37.0 Å². The summed E-state index contributed by atoms with van der Waals surface area (Å²) >= 11 is 1.66. The van der Waals surface area contributed by atoms with E-state index in [0.29, 0.717) is 18.0 Å². The molecule has 0 saturated heterocycles. The first kappa shape index (κ1) is 17.9. The molecule has 0 unspecified atom stereocenters. The second-order valence-electron chi connectivity index (χ2n) is 6.97. The highest BCUT2D eigenvalue weighted by Gasteiger charge is 2.30. The number of amides is 1. The van der Waals surface area contributed by atoms with Gasteiger partial charge in [-0.2, -0.15) is 0 Å². The third-order valence-corrected chi connectivity index (χ3v) is 5.59. The van der Waals surface area contributed by atoms with Crippen LogP contribution in [0.5, 0.6) is 0 Å². The SMILES string of the molecule is CN(C)C(=O)c1ccc(CSc2nnc(C3CC3)n2Cc2ccco2)cc1. The molecule has 1 amide bonds. The van der Waals surface area contributed by atoms with E-state index in [4.69, 9.17) is 4.42 Å². The minimum Gasteiger partial charge on any atom is -0.467 e. The summed E-state index contributed by atoms with van der Waals surface area (Å²) in [6.07, 6.45) is 4.06. The number of thioether (sulfide) groups is 1. The van der Waals surface area contributed by atoms with Crippen LogP contribution in [-0.4, -0.2) is 39.7 Å². The molecule has 1 saturated carbocycles. The van der Waals surface area contributed by atoms with Gasteiger partial charge in [-0.3, -0.25) is 9.36 Å². The van der Waals surface area contributed by atoms with Crippen molar-refractivity contribution in [2.24, 2.45) is 0 Å². The first-order chi connectivity index (χ1) is 13.1. The summed E-state index contributed by atoms with van der Waals surface area (Å²) < 4.78 is 7.68. The molecule has 1 aliphatic rings. The number of furan rings is 1. The summed E-state index contributed by atoms with van der Waals surface area (Å²) in [5.74, 6) is 3.28. The zero-order valence-corrected chi connectivity index (χ0v) is 16.3. The molecule has 140 valence electrons. The molecular weight excluding hydrogens is 360 g/mol. The van der Waals surface area contributed by atoms with Crippen LogP contribution in [0.3, 0.4) is 0 Å². The summed E-state index contributed by atoms with van der Waals surface area (Å²) in [6, 6.07) is 11.6. The first-order valence-corrected chi connectivity index (χ1v) is 9.99. The van der Waals surface area contributed by atoms with Gasteiger partial charge in [0.2, 0.25) is 0 Å². The highest BCUT2D eigenvalue weighted by Crippen LogP contribution is 2.40. The second-order valence-corrected chi connectivity index (χ2v) is 7.91. The summed E-state index contributed by atoms with van der Waals surface area (Å²) in [6.45, 7) is 0.657. The lowest BCUT2D eigenvalue weighted by Gasteiger charge is -2.11. The Bertz CT molecular complexity index is 912. The van der Waals surface area contributed by atoms with Crippen LogP contribution in [0.25, 0.3) is 0 Å².